The number of carbonyl (C=O) groups is 1. The molecule has 0 atom stereocenters. The number of aromatic nitrogens is 4. The Morgan fingerprint density at radius 3 is 2.29 bits per heavy atom. The Labute approximate surface area is 181 Å². The minimum Gasteiger partial charge on any atom is -0.364 e. The summed E-state index contributed by atoms with van der Waals surface area (Å²) in [5.41, 5.74) is 4.03. The highest BCUT2D eigenvalue weighted by Crippen LogP contribution is 2.31. The van der Waals surface area contributed by atoms with Crippen molar-refractivity contribution in [3.8, 4) is 17.1 Å². The number of hydrogen-bond donors (Lipinski definition) is 2. The number of primary amides is 1. The van der Waals surface area contributed by atoms with Gasteiger partial charge in [-0.2, -0.15) is 13.2 Å². The SMILES string of the molecule is NC(=O)c1nc(-c2ccc(C(F)(F)F)cc2)nc2c1[nH]c(=O)n2-c1ccc(Cl)c(Cl)c1. The highest BCUT2D eigenvalue weighted by molar-refractivity contribution is 6.42. The summed E-state index contributed by atoms with van der Waals surface area (Å²) < 4.78 is 39.7. The highest BCUT2D eigenvalue weighted by atomic mass is 35.5. The van der Waals surface area contributed by atoms with Gasteiger partial charge in [-0.1, -0.05) is 35.3 Å². The van der Waals surface area contributed by atoms with Crippen LogP contribution in [0.1, 0.15) is 16.1 Å². The molecule has 0 radical (unpaired) electrons. The molecule has 0 spiro atoms. The fourth-order valence-corrected chi connectivity index (χ4v) is 3.26. The number of nitrogens with two attached hydrogens (primary N) is 1. The zero-order valence-corrected chi connectivity index (χ0v) is 16.7. The van der Waals surface area contributed by atoms with E-state index in [9.17, 15) is 22.8 Å². The van der Waals surface area contributed by atoms with Gasteiger partial charge in [0.2, 0.25) is 0 Å². The van der Waals surface area contributed by atoms with Crippen LogP contribution in [0.3, 0.4) is 0 Å². The lowest BCUT2D eigenvalue weighted by Crippen LogP contribution is -2.15. The normalized spacial score (nSPS) is 11.8. The van der Waals surface area contributed by atoms with Crippen molar-refractivity contribution in [3.05, 3.63) is 74.3 Å². The summed E-state index contributed by atoms with van der Waals surface area (Å²) in [6, 6.07) is 8.42. The third-order valence-electron chi connectivity index (χ3n) is 4.40. The number of aromatic amines is 1. The van der Waals surface area contributed by atoms with E-state index in [-0.39, 0.29) is 44.0 Å². The van der Waals surface area contributed by atoms with Gasteiger partial charge >= 0.3 is 11.9 Å². The number of nitrogens with one attached hydrogen (secondary N) is 1. The summed E-state index contributed by atoms with van der Waals surface area (Å²) in [5.74, 6) is -1.05. The van der Waals surface area contributed by atoms with Gasteiger partial charge in [0.05, 0.1) is 21.3 Å². The maximum Gasteiger partial charge on any atom is 0.416 e. The summed E-state index contributed by atoms with van der Waals surface area (Å²) in [6.07, 6.45) is -4.52. The summed E-state index contributed by atoms with van der Waals surface area (Å²) in [7, 11) is 0. The molecule has 7 nitrogen and oxygen atoms in total. The quantitative estimate of drug-likeness (QED) is 0.470. The smallest absolute Gasteiger partial charge is 0.364 e. The molecule has 4 aromatic rings. The van der Waals surface area contributed by atoms with E-state index in [1.54, 1.807) is 0 Å². The van der Waals surface area contributed by atoms with Gasteiger partial charge in [0.1, 0.15) is 5.52 Å². The average molecular weight is 468 g/mol. The minimum atomic E-state index is -4.52. The van der Waals surface area contributed by atoms with E-state index in [1.165, 1.54) is 18.2 Å². The van der Waals surface area contributed by atoms with Gasteiger partial charge in [-0.25, -0.2) is 19.3 Å². The Morgan fingerprint density at radius 2 is 1.71 bits per heavy atom. The third kappa shape index (κ3) is 3.75. The largest absolute Gasteiger partial charge is 0.416 e. The molecule has 3 N–H and O–H groups in total. The standard InChI is InChI=1S/C19H10Cl2F3N5O2/c20-11-6-5-10(7-12(11)21)29-17-14(27-18(29)31)13(15(25)30)26-16(28-17)8-1-3-9(4-2-8)19(22,23)24/h1-7H,(H2,25,30)(H,27,31). The van der Waals surface area contributed by atoms with Gasteiger partial charge in [-0.3, -0.25) is 4.79 Å². The average Bonchev–Trinajstić information content (AvgIpc) is 3.04. The Hall–Kier alpha value is -3.37. The van der Waals surface area contributed by atoms with E-state index in [0.717, 1.165) is 28.8 Å². The van der Waals surface area contributed by atoms with Crippen molar-refractivity contribution < 1.29 is 18.0 Å². The molecule has 1 amide bonds. The number of H-pyrrole nitrogens is 1. The summed E-state index contributed by atoms with van der Waals surface area (Å²) >= 11 is 12.0. The van der Waals surface area contributed by atoms with Crippen LogP contribution in [0, 0.1) is 0 Å². The van der Waals surface area contributed by atoms with Crippen LogP contribution in [0.2, 0.25) is 10.0 Å². The first kappa shape index (κ1) is 20.9. The van der Waals surface area contributed by atoms with E-state index < -0.39 is 23.3 Å². The van der Waals surface area contributed by atoms with Gasteiger partial charge in [-0.15, -0.1) is 0 Å². The van der Waals surface area contributed by atoms with E-state index >= 15 is 0 Å². The number of fused-ring (bicyclic) bond motifs is 1. The van der Waals surface area contributed by atoms with Crippen molar-refractivity contribution in [3.63, 3.8) is 0 Å². The van der Waals surface area contributed by atoms with E-state index in [1.807, 2.05) is 0 Å². The molecule has 2 heterocycles. The number of imidazole rings is 1. The maximum absolute atomic E-state index is 12.8. The van der Waals surface area contributed by atoms with E-state index in [4.69, 9.17) is 28.9 Å². The molecule has 2 aromatic heterocycles. The first-order valence-corrected chi connectivity index (χ1v) is 9.27. The molecule has 0 aliphatic carbocycles. The summed E-state index contributed by atoms with van der Waals surface area (Å²) in [5, 5.41) is 0.434. The zero-order chi connectivity index (χ0) is 22.5. The van der Waals surface area contributed by atoms with Gasteiger partial charge in [0.15, 0.2) is 17.2 Å². The molecule has 0 unspecified atom stereocenters. The molecule has 0 saturated carbocycles. The molecule has 0 aliphatic rings. The lowest BCUT2D eigenvalue weighted by Gasteiger charge is -2.09. The minimum absolute atomic E-state index is 0.0120. The second-order valence-corrected chi connectivity index (χ2v) is 7.21. The van der Waals surface area contributed by atoms with Crippen LogP contribution in [0.15, 0.2) is 47.3 Å². The van der Waals surface area contributed by atoms with Crippen molar-refractivity contribution >= 4 is 40.3 Å². The molecule has 0 fully saturated rings. The Bertz CT molecular complexity index is 1390. The fourth-order valence-electron chi connectivity index (χ4n) is 2.96. The molecule has 0 bridgehead atoms. The second kappa shape index (κ2) is 7.40. The first-order chi connectivity index (χ1) is 14.6. The van der Waals surface area contributed by atoms with Crippen LogP contribution in [0.5, 0.6) is 0 Å². The van der Waals surface area contributed by atoms with Gasteiger partial charge in [0.25, 0.3) is 5.91 Å². The number of carbonyl (C=O) groups excluding carboxylic acids is 1. The number of alkyl halides is 3. The third-order valence-corrected chi connectivity index (χ3v) is 5.14. The van der Waals surface area contributed by atoms with Crippen LogP contribution >= 0.6 is 23.2 Å². The second-order valence-electron chi connectivity index (χ2n) is 6.40. The molecular formula is C19H10Cl2F3N5O2. The van der Waals surface area contributed by atoms with Crippen LogP contribution < -0.4 is 11.4 Å². The van der Waals surface area contributed by atoms with Crippen LogP contribution in [-0.4, -0.2) is 25.4 Å². The van der Waals surface area contributed by atoms with Crippen LogP contribution in [0.25, 0.3) is 28.2 Å². The number of amides is 1. The molecule has 4 rings (SSSR count). The van der Waals surface area contributed by atoms with Gasteiger partial charge < -0.3 is 10.7 Å². The summed E-state index contributed by atoms with van der Waals surface area (Å²) in [4.78, 5) is 35.4. The lowest BCUT2D eigenvalue weighted by atomic mass is 10.1. The molecule has 31 heavy (non-hydrogen) atoms. The molecule has 158 valence electrons. The van der Waals surface area contributed by atoms with Crippen molar-refractivity contribution in [2.45, 2.75) is 6.18 Å². The number of rotatable bonds is 3. The Kier molecular flexibility index (Phi) is 4.98. The predicted molar refractivity (Wildman–Crippen MR) is 108 cm³/mol. The number of benzene rings is 2. The molecule has 0 aliphatic heterocycles. The number of hydrogen-bond acceptors (Lipinski definition) is 4. The zero-order valence-electron chi connectivity index (χ0n) is 15.2. The number of halogens is 5. The molecule has 0 saturated heterocycles. The maximum atomic E-state index is 12.8. The summed E-state index contributed by atoms with van der Waals surface area (Å²) in [6.45, 7) is 0. The van der Waals surface area contributed by atoms with E-state index in [0.29, 0.717) is 0 Å². The van der Waals surface area contributed by atoms with Gasteiger partial charge in [-0.05, 0) is 30.3 Å². The monoisotopic (exact) mass is 467 g/mol. The first-order valence-electron chi connectivity index (χ1n) is 8.52. The Balaban J connectivity index is 1.97. The topological polar surface area (TPSA) is 107 Å². The highest BCUT2D eigenvalue weighted by Gasteiger charge is 2.30. The van der Waals surface area contributed by atoms with Crippen LogP contribution in [-0.2, 0) is 6.18 Å². The molecular weight excluding hydrogens is 458 g/mol. The van der Waals surface area contributed by atoms with Crippen molar-refractivity contribution in [2.75, 3.05) is 0 Å². The fraction of sp³-hybridized carbons (Fsp3) is 0.0526. The van der Waals surface area contributed by atoms with Crippen LogP contribution in [0.4, 0.5) is 13.2 Å². The van der Waals surface area contributed by atoms with Crippen molar-refractivity contribution in [1.82, 2.24) is 19.5 Å². The van der Waals surface area contributed by atoms with Crippen molar-refractivity contribution in [2.24, 2.45) is 5.73 Å². The molecule has 12 heteroatoms. The van der Waals surface area contributed by atoms with Gasteiger partial charge in [0, 0.05) is 5.56 Å². The predicted octanol–water partition coefficient (Wildman–Crippen LogP) is 4.20. The Morgan fingerprint density at radius 1 is 1.03 bits per heavy atom. The van der Waals surface area contributed by atoms with Crippen molar-refractivity contribution in [1.29, 1.82) is 0 Å². The lowest BCUT2D eigenvalue weighted by molar-refractivity contribution is -0.137. The number of nitrogens with zero attached hydrogens (tertiary/aromatic N) is 3. The van der Waals surface area contributed by atoms with E-state index in [2.05, 4.69) is 15.0 Å². The molecule has 2 aromatic carbocycles.